The third-order valence-corrected chi connectivity index (χ3v) is 3.55. The van der Waals surface area contributed by atoms with Crippen molar-refractivity contribution in [3.63, 3.8) is 0 Å². The van der Waals surface area contributed by atoms with Crippen LogP contribution in [0.2, 0.25) is 0 Å². The summed E-state index contributed by atoms with van der Waals surface area (Å²) >= 11 is 3.51. The maximum absolute atomic E-state index is 5.77. The van der Waals surface area contributed by atoms with E-state index in [4.69, 9.17) is 10.5 Å². The van der Waals surface area contributed by atoms with E-state index in [9.17, 15) is 0 Å². The number of rotatable bonds is 5. The van der Waals surface area contributed by atoms with E-state index in [2.05, 4.69) is 47.1 Å². The average molecular weight is 320 g/mol. The molecule has 0 aromatic heterocycles. The molecule has 2 rings (SSSR count). The second-order valence-electron chi connectivity index (χ2n) is 4.63. The van der Waals surface area contributed by atoms with Crippen molar-refractivity contribution in [2.24, 2.45) is 0 Å². The summed E-state index contributed by atoms with van der Waals surface area (Å²) in [6, 6.07) is 14.1. The van der Waals surface area contributed by atoms with E-state index in [1.54, 1.807) is 0 Å². The summed E-state index contributed by atoms with van der Waals surface area (Å²) in [6.07, 6.45) is 1.99. The Bertz CT molecular complexity index is 537. The third kappa shape index (κ3) is 4.28. The van der Waals surface area contributed by atoms with Crippen molar-refractivity contribution in [3.05, 3.63) is 58.1 Å². The maximum atomic E-state index is 5.77. The van der Waals surface area contributed by atoms with Crippen molar-refractivity contribution in [2.75, 3.05) is 12.3 Å². The van der Waals surface area contributed by atoms with Crippen LogP contribution in [-0.4, -0.2) is 6.61 Å². The largest absolute Gasteiger partial charge is 0.492 e. The molecule has 100 valence electrons. The zero-order chi connectivity index (χ0) is 13.7. The van der Waals surface area contributed by atoms with Crippen molar-refractivity contribution in [1.29, 1.82) is 0 Å². The van der Waals surface area contributed by atoms with E-state index in [-0.39, 0.29) is 0 Å². The minimum absolute atomic E-state index is 0.714. The van der Waals surface area contributed by atoms with Crippen LogP contribution in [0.15, 0.2) is 46.9 Å². The molecule has 2 aromatic carbocycles. The molecule has 0 fully saturated rings. The maximum Gasteiger partial charge on any atom is 0.133 e. The van der Waals surface area contributed by atoms with Crippen molar-refractivity contribution in [2.45, 2.75) is 19.8 Å². The van der Waals surface area contributed by atoms with Crippen molar-refractivity contribution >= 4 is 21.6 Å². The number of hydrogen-bond donors (Lipinski definition) is 1. The van der Waals surface area contributed by atoms with Gasteiger partial charge in [-0.15, -0.1) is 0 Å². The highest BCUT2D eigenvalue weighted by molar-refractivity contribution is 9.10. The lowest BCUT2D eigenvalue weighted by atomic mass is 10.1. The molecule has 0 aliphatic rings. The predicted molar refractivity (Wildman–Crippen MR) is 83.5 cm³/mol. The first-order valence-electron chi connectivity index (χ1n) is 6.38. The smallest absolute Gasteiger partial charge is 0.133 e. The third-order valence-electron chi connectivity index (χ3n) is 2.93. The van der Waals surface area contributed by atoms with Crippen LogP contribution in [0.1, 0.15) is 17.5 Å². The van der Waals surface area contributed by atoms with E-state index < -0.39 is 0 Å². The van der Waals surface area contributed by atoms with E-state index >= 15 is 0 Å². The number of hydrogen-bond acceptors (Lipinski definition) is 2. The predicted octanol–water partition coefficient (Wildman–Crippen LogP) is 4.35. The fourth-order valence-electron chi connectivity index (χ4n) is 1.87. The molecule has 0 saturated heterocycles. The van der Waals surface area contributed by atoms with Gasteiger partial charge in [-0.2, -0.15) is 0 Å². The van der Waals surface area contributed by atoms with Gasteiger partial charge in [-0.05, 0) is 71.1 Å². The van der Waals surface area contributed by atoms with Gasteiger partial charge in [-0.25, -0.2) is 0 Å². The summed E-state index contributed by atoms with van der Waals surface area (Å²) in [7, 11) is 0. The van der Waals surface area contributed by atoms with Gasteiger partial charge in [0.25, 0.3) is 0 Å². The Labute approximate surface area is 122 Å². The van der Waals surface area contributed by atoms with Crippen LogP contribution >= 0.6 is 15.9 Å². The topological polar surface area (TPSA) is 35.2 Å². The van der Waals surface area contributed by atoms with Gasteiger partial charge in [-0.3, -0.25) is 0 Å². The highest BCUT2D eigenvalue weighted by Crippen LogP contribution is 2.25. The van der Waals surface area contributed by atoms with Gasteiger partial charge < -0.3 is 10.5 Å². The molecule has 2 N–H and O–H groups in total. The summed E-state index contributed by atoms with van der Waals surface area (Å²) in [4.78, 5) is 0. The van der Waals surface area contributed by atoms with Gasteiger partial charge in [0.2, 0.25) is 0 Å². The number of benzene rings is 2. The summed E-state index contributed by atoms with van der Waals surface area (Å²) in [6.45, 7) is 2.78. The van der Waals surface area contributed by atoms with Crippen molar-refractivity contribution < 1.29 is 4.74 Å². The highest BCUT2D eigenvalue weighted by atomic mass is 79.9. The Morgan fingerprint density at radius 2 is 1.84 bits per heavy atom. The van der Waals surface area contributed by atoms with E-state index in [1.807, 2.05) is 18.2 Å². The summed E-state index contributed by atoms with van der Waals surface area (Å²) in [5, 5.41) is 0. The monoisotopic (exact) mass is 319 g/mol. The SMILES string of the molecule is Cc1ccc(OCCCc2ccc(N)cc2)c(Br)c1. The van der Waals surface area contributed by atoms with Gasteiger partial charge in [-0.1, -0.05) is 18.2 Å². The molecular formula is C16H18BrNO. The number of anilines is 1. The fourth-order valence-corrected chi connectivity index (χ4v) is 2.47. The molecule has 3 heteroatoms. The van der Waals surface area contributed by atoms with Gasteiger partial charge in [0.05, 0.1) is 11.1 Å². The van der Waals surface area contributed by atoms with Crippen LogP contribution in [0.4, 0.5) is 5.69 Å². The number of aryl methyl sites for hydroxylation is 2. The molecule has 0 radical (unpaired) electrons. The average Bonchev–Trinajstić information content (AvgIpc) is 2.39. The molecule has 0 aliphatic carbocycles. The van der Waals surface area contributed by atoms with Crippen LogP contribution in [0.25, 0.3) is 0 Å². The molecule has 0 heterocycles. The van der Waals surface area contributed by atoms with E-state index in [0.29, 0.717) is 6.61 Å². The Morgan fingerprint density at radius 3 is 2.53 bits per heavy atom. The zero-order valence-electron chi connectivity index (χ0n) is 11.0. The number of nitrogen functional groups attached to an aromatic ring is 1. The molecule has 0 unspecified atom stereocenters. The lowest BCUT2D eigenvalue weighted by Crippen LogP contribution is -2.00. The Hall–Kier alpha value is -1.48. The van der Waals surface area contributed by atoms with Gasteiger partial charge in [0.15, 0.2) is 0 Å². The molecular weight excluding hydrogens is 302 g/mol. The fraction of sp³-hybridized carbons (Fsp3) is 0.250. The summed E-state index contributed by atoms with van der Waals surface area (Å²) in [5.74, 6) is 0.905. The molecule has 19 heavy (non-hydrogen) atoms. The molecule has 0 spiro atoms. The molecule has 0 amide bonds. The molecule has 0 atom stereocenters. The highest BCUT2D eigenvalue weighted by Gasteiger charge is 2.01. The first-order valence-corrected chi connectivity index (χ1v) is 7.18. The molecule has 0 bridgehead atoms. The van der Waals surface area contributed by atoms with E-state index in [0.717, 1.165) is 28.8 Å². The summed E-state index contributed by atoms with van der Waals surface area (Å²) < 4.78 is 6.78. The van der Waals surface area contributed by atoms with Crippen LogP contribution in [0.3, 0.4) is 0 Å². The number of nitrogens with two attached hydrogens (primary N) is 1. The Balaban J connectivity index is 1.79. The Morgan fingerprint density at radius 1 is 1.11 bits per heavy atom. The minimum atomic E-state index is 0.714. The molecule has 2 aromatic rings. The normalized spacial score (nSPS) is 10.4. The molecule has 0 aliphatic heterocycles. The van der Waals surface area contributed by atoms with Gasteiger partial charge in [0, 0.05) is 5.69 Å². The van der Waals surface area contributed by atoms with Gasteiger partial charge >= 0.3 is 0 Å². The first-order chi connectivity index (χ1) is 9.15. The second kappa shape index (κ2) is 6.62. The standard InChI is InChI=1S/C16H18BrNO/c1-12-4-9-16(15(17)11-12)19-10-2-3-13-5-7-14(18)8-6-13/h4-9,11H,2-3,10,18H2,1H3. The summed E-state index contributed by atoms with van der Waals surface area (Å²) in [5.41, 5.74) is 8.98. The zero-order valence-corrected chi connectivity index (χ0v) is 12.6. The quantitative estimate of drug-likeness (QED) is 0.656. The van der Waals surface area contributed by atoms with Crippen LogP contribution in [0, 0.1) is 6.92 Å². The lowest BCUT2D eigenvalue weighted by Gasteiger charge is -2.09. The molecule has 2 nitrogen and oxygen atoms in total. The van der Waals surface area contributed by atoms with Crippen LogP contribution in [0.5, 0.6) is 5.75 Å². The van der Waals surface area contributed by atoms with E-state index in [1.165, 1.54) is 11.1 Å². The number of halogens is 1. The Kier molecular flexibility index (Phi) is 4.86. The first kappa shape index (κ1) is 13.9. The second-order valence-corrected chi connectivity index (χ2v) is 5.48. The van der Waals surface area contributed by atoms with Gasteiger partial charge in [0.1, 0.15) is 5.75 Å². The van der Waals surface area contributed by atoms with Crippen LogP contribution < -0.4 is 10.5 Å². The molecule has 0 saturated carbocycles. The van der Waals surface area contributed by atoms with Crippen molar-refractivity contribution in [3.8, 4) is 5.75 Å². The minimum Gasteiger partial charge on any atom is -0.492 e. The van der Waals surface area contributed by atoms with Crippen LogP contribution in [-0.2, 0) is 6.42 Å². The van der Waals surface area contributed by atoms with Crippen molar-refractivity contribution in [1.82, 2.24) is 0 Å². The number of ether oxygens (including phenoxy) is 1. The lowest BCUT2D eigenvalue weighted by molar-refractivity contribution is 0.309.